The Morgan fingerprint density at radius 3 is 1.34 bits per heavy atom. The number of aliphatic carboxylic acids is 3. The molecule has 3 N–H and O–H groups in total. The van der Waals surface area contributed by atoms with Crippen LogP contribution in [0, 0.1) is 0 Å². The maximum Gasteiger partial charge on any atom is 0.303 e. The van der Waals surface area contributed by atoms with Crippen LogP contribution in [0.25, 0.3) is 0 Å². The largest absolute Gasteiger partial charge is 0.481 e. The lowest BCUT2D eigenvalue weighted by atomic mass is 10.1. The highest BCUT2D eigenvalue weighted by Crippen LogP contribution is 2.18. The quantitative estimate of drug-likeness (QED) is 0.0699. The van der Waals surface area contributed by atoms with Crippen LogP contribution in [0.15, 0.2) is 12.2 Å². The van der Waals surface area contributed by atoms with E-state index >= 15 is 0 Å². The Labute approximate surface area is 213 Å². The minimum atomic E-state index is -0.781. The van der Waals surface area contributed by atoms with Gasteiger partial charge < -0.3 is 19.8 Å². The van der Waals surface area contributed by atoms with E-state index in [-0.39, 0.29) is 19.3 Å². The molecule has 0 aliphatic rings. The fraction of sp³-hybridized carbons (Fsp3) is 0.821. The van der Waals surface area contributed by atoms with Crippen LogP contribution in [0.3, 0.4) is 0 Å². The van der Waals surface area contributed by atoms with Gasteiger partial charge in [0.15, 0.2) is 0 Å². The van der Waals surface area contributed by atoms with Gasteiger partial charge >= 0.3 is 17.9 Å². The smallest absolute Gasteiger partial charge is 0.303 e. The van der Waals surface area contributed by atoms with Gasteiger partial charge in [0.25, 0.3) is 0 Å². The van der Waals surface area contributed by atoms with Crippen LogP contribution in [0.4, 0.5) is 0 Å². The van der Waals surface area contributed by atoms with Crippen LogP contribution < -0.4 is 0 Å². The van der Waals surface area contributed by atoms with E-state index in [2.05, 4.69) is 19.1 Å². The Morgan fingerprint density at radius 1 is 0.543 bits per heavy atom. The van der Waals surface area contributed by atoms with Gasteiger partial charge in [-0.1, -0.05) is 57.9 Å². The zero-order valence-corrected chi connectivity index (χ0v) is 22.2. The number of unbranched alkanes of at least 4 members (excludes halogenated alkanes) is 11. The van der Waals surface area contributed by atoms with Gasteiger partial charge in [-0.25, -0.2) is 0 Å². The number of carbonyl (C=O) groups is 3. The summed E-state index contributed by atoms with van der Waals surface area (Å²) in [6.45, 7) is 5.60. The fourth-order valence-electron chi connectivity index (χ4n) is 4.59. The molecule has 0 fully saturated rings. The number of hydrogen-bond acceptors (Lipinski definition) is 3. The van der Waals surface area contributed by atoms with E-state index in [4.69, 9.17) is 15.3 Å². The first-order valence-corrected chi connectivity index (χ1v) is 14.0. The molecule has 204 valence electrons. The molecular weight excluding hydrogens is 446 g/mol. The third-order valence-corrected chi connectivity index (χ3v) is 6.70. The zero-order chi connectivity index (χ0) is 26.2. The van der Waals surface area contributed by atoms with Crippen LogP contribution in [-0.4, -0.2) is 63.9 Å². The van der Waals surface area contributed by atoms with Crippen LogP contribution in [-0.2, 0) is 14.4 Å². The molecule has 7 heteroatoms. The molecule has 0 atom stereocenters. The molecule has 7 nitrogen and oxygen atoms in total. The van der Waals surface area contributed by atoms with Crippen molar-refractivity contribution in [2.45, 2.75) is 122 Å². The van der Waals surface area contributed by atoms with Gasteiger partial charge in [-0.2, -0.15) is 0 Å². The molecule has 0 saturated heterocycles. The van der Waals surface area contributed by atoms with Crippen LogP contribution >= 0.6 is 0 Å². The van der Waals surface area contributed by atoms with E-state index in [9.17, 15) is 14.4 Å². The summed E-state index contributed by atoms with van der Waals surface area (Å²) in [6.07, 6.45) is 20.7. The minimum Gasteiger partial charge on any atom is -0.481 e. The Balaban J connectivity index is 4.81. The van der Waals surface area contributed by atoms with Gasteiger partial charge in [-0.3, -0.25) is 14.4 Å². The predicted octanol–water partition coefficient (Wildman–Crippen LogP) is 6.65. The summed E-state index contributed by atoms with van der Waals surface area (Å²) in [6, 6.07) is 0. The molecule has 0 aromatic carbocycles. The Bertz CT molecular complexity index is 535. The van der Waals surface area contributed by atoms with Crippen molar-refractivity contribution in [1.82, 2.24) is 0 Å². The SMILES string of the molecule is CCCCCCCCCC/C=C/C[N+](CCCCC(=O)O)(CCCCC(=O)O)CCCCC(=O)O. The summed E-state index contributed by atoms with van der Waals surface area (Å²) in [5.41, 5.74) is 0. The van der Waals surface area contributed by atoms with Crippen molar-refractivity contribution in [2.75, 3.05) is 26.2 Å². The fourth-order valence-corrected chi connectivity index (χ4v) is 4.59. The van der Waals surface area contributed by atoms with Crippen molar-refractivity contribution in [1.29, 1.82) is 0 Å². The van der Waals surface area contributed by atoms with E-state index < -0.39 is 17.9 Å². The van der Waals surface area contributed by atoms with Gasteiger partial charge in [0.2, 0.25) is 0 Å². The lowest BCUT2D eigenvalue weighted by Crippen LogP contribution is -2.50. The number of rotatable bonds is 26. The minimum absolute atomic E-state index is 0.159. The zero-order valence-electron chi connectivity index (χ0n) is 22.2. The van der Waals surface area contributed by atoms with Crippen LogP contribution in [0.5, 0.6) is 0 Å². The maximum absolute atomic E-state index is 10.9. The van der Waals surface area contributed by atoms with Gasteiger partial charge in [0.1, 0.15) is 0 Å². The Kier molecular flexibility index (Phi) is 21.3. The van der Waals surface area contributed by atoms with Gasteiger partial charge in [-0.05, 0) is 57.4 Å². The summed E-state index contributed by atoms with van der Waals surface area (Å²) in [5, 5.41) is 26.9. The lowest BCUT2D eigenvalue weighted by Gasteiger charge is -2.38. The number of hydrogen-bond donors (Lipinski definition) is 3. The van der Waals surface area contributed by atoms with Crippen molar-refractivity contribution >= 4 is 17.9 Å². The van der Waals surface area contributed by atoms with Crippen LogP contribution in [0.1, 0.15) is 122 Å². The summed E-state index contributed by atoms with van der Waals surface area (Å²) in [5.74, 6) is -2.34. The number of nitrogens with zero attached hydrogens (tertiary/aromatic N) is 1. The number of carboxylic acid groups (broad SMARTS) is 3. The first-order valence-electron chi connectivity index (χ1n) is 14.0. The van der Waals surface area contributed by atoms with Crippen molar-refractivity contribution in [3.63, 3.8) is 0 Å². The Hall–Kier alpha value is -1.89. The highest BCUT2D eigenvalue weighted by molar-refractivity contribution is 5.67. The summed E-state index contributed by atoms with van der Waals surface area (Å²) in [7, 11) is 0. The first-order chi connectivity index (χ1) is 16.8. The number of quaternary nitrogens is 1. The molecule has 0 aliphatic heterocycles. The van der Waals surface area contributed by atoms with Crippen molar-refractivity contribution in [3.8, 4) is 0 Å². The second-order valence-corrected chi connectivity index (χ2v) is 9.98. The van der Waals surface area contributed by atoms with Crippen molar-refractivity contribution in [2.24, 2.45) is 0 Å². The highest BCUT2D eigenvalue weighted by atomic mass is 16.4. The molecule has 0 saturated carbocycles. The average molecular weight is 499 g/mol. The van der Waals surface area contributed by atoms with E-state index in [0.29, 0.717) is 19.3 Å². The molecule has 0 aliphatic carbocycles. The number of carboxylic acids is 3. The second kappa shape index (κ2) is 22.6. The van der Waals surface area contributed by atoms with Crippen LogP contribution in [0.2, 0.25) is 0 Å². The van der Waals surface area contributed by atoms with E-state index in [1.165, 1.54) is 51.4 Å². The summed E-state index contributed by atoms with van der Waals surface area (Å²) in [4.78, 5) is 32.8. The second-order valence-electron chi connectivity index (χ2n) is 9.98. The Morgan fingerprint density at radius 2 is 0.943 bits per heavy atom. The molecule has 0 rings (SSSR count). The average Bonchev–Trinajstić information content (AvgIpc) is 2.80. The third-order valence-electron chi connectivity index (χ3n) is 6.70. The molecule has 0 radical (unpaired) electrons. The van der Waals surface area contributed by atoms with E-state index in [1.54, 1.807) is 0 Å². The first kappa shape index (κ1) is 33.1. The molecule has 0 unspecified atom stereocenters. The predicted molar refractivity (Wildman–Crippen MR) is 141 cm³/mol. The normalized spacial score (nSPS) is 11.8. The molecule has 0 aromatic rings. The third kappa shape index (κ3) is 22.3. The maximum atomic E-state index is 10.9. The molecule has 35 heavy (non-hydrogen) atoms. The molecular formula is C28H52NO6+. The molecule has 0 amide bonds. The van der Waals surface area contributed by atoms with Crippen molar-refractivity contribution in [3.05, 3.63) is 12.2 Å². The molecule has 0 aromatic heterocycles. The van der Waals surface area contributed by atoms with E-state index in [0.717, 1.165) is 56.3 Å². The van der Waals surface area contributed by atoms with Gasteiger partial charge in [-0.15, -0.1) is 0 Å². The summed E-state index contributed by atoms with van der Waals surface area (Å²) >= 11 is 0. The highest BCUT2D eigenvalue weighted by Gasteiger charge is 2.25. The summed E-state index contributed by atoms with van der Waals surface area (Å²) < 4.78 is 0.785. The van der Waals surface area contributed by atoms with E-state index in [1.807, 2.05) is 0 Å². The monoisotopic (exact) mass is 498 g/mol. The topological polar surface area (TPSA) is 112 Å². The lowest BCUT2D eigenvalue weighted by molar-refractivity contribution is -0.923. The number of allylic oxidation sites excluding steroid dienone is 1. The molecule has 0 heterocycles. The standard InChI is InChI=1S/C28H51NO6/c1-2-3-4-5-6-7-8-9-10-11-15-22-29(23-16-12-19-26(30)31,24-17-13-20-27(32)33)25-18-14-21-28(34)35/h11,15H,2-10,12-14,16-25H2,1H3,(H2-,30,31,32,33,34,35)/p+1/b15-11+. The van der Waals surface area contributed by atoms with Crippen molar-refractivity contribution < 1.29 is 34.2 Å². The molecule has 0 bridgehead atoms. The molecule has 0 spiro atoms. The van der Waals surface area contributed by atoms with Gasteiger partial charge in [0.05, 0.1) is 26.2 Å². The van der Waals surface area contributed by atoms with Gasteiger partial charge in [0, 0.05) is 19.3 Å².